The molecule has 1 fully saturated rings. The quantitative estimate of drug-likeness (QED) is 0.730. The standard InChI is InChI=1S/C17H15ClN4O3S/c18-12-3-1-11(2-4-12)14-13(16(23)24)15(20-25-14)21-6-8-22(9-7-21)17-19-5-10-26-17/h1-5,10H,6-9H2,(H,23,24). The zero-order chi connectivity index (χ0) is 18.1. The fourth-order valence-electron chi connectivity index (χ4n) is 2.97. The summed E-state index contributed by atoms with van der Waals surface area (Å²) in [7, 11) is 0. The van der Waals surface area contributed by atoms with Crippen molar-refractivity contribution in [1.82, 2.24) is 10.1 Å². The van der Waals surface area contributed by atoms with Crippen LogP contribution >= 0.6 is 22.9 Å². The third kappa shape index (κ3) is 3.13. The van der Waals surface area contributed by atoms with Crippen LogP contribution in [0.25, 0.3) is 11.3 Å². The SMILES string of the molecule is O=C(O)c1c(N2CCN(c3nccs3)CC2)noc1-c1ccc(Cl)cc1. The molecule has 0 saturated carbocycles. The first-order chi connectivity index (χ1) is 12.6. The van der Waals surface area contributed by atoms with Gasteiger partial charge in [-0.15, -0.1) is 11.3 Å². The number of anilines is 2. The summed E-state index contributed by atoms with van der Waals surface area (Å²) in [6.45, 7) is 2.78. The summed E-state index contributed by atoms with van der Waals surface area (Å²) in [6.07, 6.45) is 1.78. The molecule has 1 N–H and O–H groups in total. The van der Waals surface area contributed by atoms with Gasteiger partial charge in [-0.2, -0.15) is 0 Å². The van der Waals surface area contributed by atoms with Crippen LogP contribution in [0.3, 0.4) is 0 Å². The van der Waals surface area contributed by atoms with E-state index in [4.69, 9.17) is 16.1 Å². The summed E-state index contributed by atoms with van der Waals surface area (Å²) in [4.78, 5) is 20.3. The Bertz CT molecular complexity index is 903. The van der Waals surface area contributed by atoms with Crippen LogP contribution in [0.4, 0.5) is 10.9 Å². The molecule has 2 aromatic heterocycles. The van der Waals surface area contributed by atoms with Gasteiger partial charge >= 0.3 is 5.97 Å². The van der Waals surface area contributed by atoms with Crippen molar-refractivity contribution in [1.29, 1.82) is 0 Å². The van der Waals surface area contributed by atoms with Gasteiger partial charge in [0.2, 0.25) is 0 Å². The molecule has 1 aromatic carbocycles. The molecule has 4 rings (SSSR count). The van der Waals surface area contributed by atoms with Crippen LogP contribution in [0.2, 0.25) is 5.02 Å². The van der Waals surface area contributed by atoms with Gasteiger partial charge in [-0.1, -0.05) is 16.8 Å². The van der Waals surface area contributed by atoms with Crippen LogP contribution in [0.5, 0.6) is 0 Å². The summed E-state index contributed by atoms with van der Waals surface area (Å²) < 4.78 is 5.40. The van der Waals surface area contributed by atoms with Gasteiger partial charge in [-0.3, -0.25) is 0 Å². The number of hydrogen-bond acceptors (Lipinski definition) is 7. The minimum absolute atomic E-state index is 0.0787. The summed E-state index contributed by atoms with van der Waals surface area (Å²) in [6, 6.07) is 6.83. The Labute approximate surface area is 158 Å². The minimum Gasteiger partial charge on any atom is -0.477 e. The predicted molar refractivity (Wildman–Crippen MR) is 100 cm³/mol. The Morgan fingerprint density at radius 1 is 1.15 bits per heavy atom. The molecule has 0 atom stereocenters. The molecule has 26 heavy (non-hydrogen) atoms. The van der Waals surface area contributed by atoms with E-state index in [1.54, 1.807) is 41.8 Å². The zero-order valence-electron chi connectivity index (χ0n) is 13.6. The maximum absolute atomic E-state index is 11.9. The molecule has 0 spiro atoms. The number of aromatic nitrogens is 2. The first kappa shape index (κ1) is 16.9. The molecule has 0 radical (unpaired) electrons. The van der Waals surface area contributed by atoms with Crippen molar-refractivity contribution in [3.05, 3.63) is 46.4 Å². The molecule has 0 bridgehead atoms. The Morgan fingerprint density at radius 2 is 1.85 bits per heavy atom. The Balaban J connectivity index is 1.59. The molecule has 3 heterocycles. The van der Waals surface area contributed by atoms with Gasteiger partial charge in [0, 0.05) is 48.3 Å². The molecule has 0 unspecified atom stereocenters. The van der Waals surface area contributed by atoms with Crippen LogP contribution in [-0.2, 0) is 0 Å². The van der Waals surface area contributed by atoms with Crippen molar-refractivity contribution >= 4 is 39.9 Å². The summed E-state index contributed by atoms with van der Waals surface area (Å²) in [5, 5.41) is 17.3. The number of nitrogens with zero attached hydrogens (tertiary/aromatic N) is 4. The van der Waals surface area contributed by atoms with Gasteiger partial charge in [-0.25, -0.2) is 9.78 Å². The molecule has 0 amide bonds. The van der Waals surface area contributed by atoms with E-state index in [2.05, 4.69) is 15.0 Å². The van der Waals surface area contributed by atoms with Gasteiger partial charge in [-0.05, 0) is 24.3 Å². The van der Waals surface area contributed by atoms with E-state index in [1.807, 2.05) is 10.3 Å². The van der Waals surface area contributed by atoms with Crippen LogP contribution in [0, 0.1) is 0 Å². The number of carbonyl (C=O) groups is 1. The molecular weight excluding hydrogens is 376 g/mol. The average Bonchev–Trinajstić information content (AvgIpc) is 3.32. The Hall–Kier alpha value is -2.58. The lowest BCUT2D eigenvalue weighted by Crippen LogP contribution is -2.47. The fourth-order valence-corrected chi connectivity index (χ4v) is 3.79. The number of carboxylic acid groups (broad SMARTS) is 1. The van der Waals surface area contributed by atoms with Crippen molar-refractivity contribution in [2.75, 3.05) is 36.0 Å². The number of hydrogen-bond donors (Lipinski definition) is 1. The minimum atomic E-state index is -1.06. The van der Waals surface area contributed by atoms with Gasteiger partial charge in [0.25, 0.3) is 0 Å². The number of rotatable bonds is 4. The highest BCUT2D eigenvalue weighted by molar-refractivity contribution is 7.13. The largest absolute Gasteiger partial charge is 0.477 e. The number of benzene rings is 1. The van der Waals surface area contributed by atoms with E-state index >= 15 is 0 Å². The maximum atomic E-state index is 11.9. The van der Waals surface area contributed by atoms with E-state index in [1.165, 1.54) is 0 Å². The van der Waals surface area contributed by atoms with Crippen LogP contribution < -0.4 is 9.80 Å². The summed E-state index contributed by atoms with van der Waals surface area (Å²) >= 11 is 7.50. The van der Waals surface area contributed by atoms with Crippen LogP contribution in [0.1, 0.15) is 10.4 Å². The summed E-state index contributed by atoms with van der Waals surface area (Å²) in [5.74, 6) is -0.457. The van der Waals surface area contributed by atoms with Gasteiger partial charge < -0.3 is 19.4 Å². The summed E-state index contributed by atoms with van der Waals surface area (Å²) in [5.41, 5.74) is 0.710. The van der Waals surface area contributed by atoms with Gasteiger partial charge in [0.15, 0.2) is 22.3 Å². The monoisotopic (exact) mass is 390 g/mol. The highest BCUT2D eigenvalue weighted by Crippen LogP contribution is 2.33. The van der Waals surface area contributed by atoms with E-state index in [0.29, 0.717) is 29.5 Å². The highest BCUT2D eigenvalue weighted by Gasteiger charge is 2.29. The molecular formula is C17H15ClN4O3S. The molecule has 1 aliphatic rings. The third-order valence-electron chi connectivity index (χ3n) is 4.26. The van der Waals surface area contributed by atoms with Crippen molar-refractivity contribution < 1.29 is 14.4 Å². The topological polar surface area (TPSA) is 82.7 Å². The third-order valence-corrected chi connectivity index (χ3v) is 5.35. The van der Waals surface area contributed by atoms with E-state index < -0.39 is 5.97 Å². The second-order valence-corrected chi connectivity index (χ2v) is 7.12. The van der Waals surface area contributed by atoms with Crippen molar-refractivity contribution in [3.8, 4) is 11.3 Å². The number of carboxylic acids is 1. The lowest BCUT2D eigenvalue weighted by atomic mass is 10.1. The van der Waals surface area contributed by atoms with E-state index in [9.17, 15) is 9.90 Å². The Morgan fingerprint density at radius 3 is 2.46 bits per heavy atom. The maximum Gasteiger partial charge on any atom is 0.343 e. The smallest absolute Gasteiger partial charge is 0.343 e. The first-order valence-corrected chi connectivity index (χ1v) is 9.27. The molecule has 1 aliphatic heterocycles. The lowest BCUT2D eigenvalue weighted by Gasteiger charge is -2.34. The van der Waals surface area contributed by atoms with Crippen molar-refractivity contribution in [2.45, 2.75) is 0 Å². The molecule has 3 aromatic rings. The van der Waals surface area contributed by atoms with Crippen molar-refractivity contribution in [2.24, 2.45) is 0 Å². The van der Waals surface area contributed by atoms with E-state index in [0.717, 1.165) is 18.2 Å². The average molecular weight is 391 g/mol. The van der Waals surface area contributed by atoms with Crippen LogP contribution in [0.15, 0.2) is 40.4 Å². The van der Waals surface area contributed by atoms with Crippen molar-refractivity contribution in [3.63, 3.8) is 0 Å². The van der Waals surface area contributed by atoms with Gasteiger partial charge in [0.1, 0.15) is 0 Å². The van der Waals surface area contributed by atoms with Crippen LogP contribution in [-0.4, -0.2) is 47.4 Å². The highest BCUT2D eigenvalue weighted by atomic mass is 35.5. The second-order valence-electron chi connectivity index (χ2n) is 5.81. The Kier molecular flexibility index (Phi) is 4.52. The number of aromatic carboxylic acids is 1. The molecule has 134 valence electrons. The normalized spacial score (nSPS) is 14.7. The molecule has 0 aliphatic carbocycles. The predicted octanol–water partition coefficient (Wildman–Crippen LogP) is 3.48. The number of halogens is 1. The molecule has 7 nitrogen and oxygen atoms in total. The fraction of sp³-hybridized carbons (Fsp3) is 0.235. The van der Waals surface area contributed by atoms with Gasteiger partial charge in [0.05, 0.1) is 0 Å². The molecule has 9 heteroatoms. The lowest BCUT2D eigenvalue weighted by molar-refractivity contribution is 0.0698. The second kappa shape index (κ2) is 6.97. The number of piperazine rings is 1. The zero-order valence-corrected chi connectivity index (χ0v) is 15.2. The first-order valence-electron chi connectivity index (χ1n) is 8.02. The number of thiazole rings is 1. The van der Waals surface area contributed by atoms with E-state index in [-0.39, 0.29) is 11.3 Å². The molecule has 1 saturated heterocycles.